The van der Waals surface area contributed by atoms with E-state index in [9.17, 15) is 14.4 Å². The fourth-order valence-corrected chi connectivity index (χ4v) is 2.26. The van der Waals surface area contributed by atoms with Crippen LogP contribution >= 0.6 is 0 Å². The lowest BCUT2D eigenvalue weighted by molar-refractivity contribution is -0.141. The molecule has 0 aromatic heterocycles. The second-order valence-corrected chi connectivity index (χ2v) is 5.33. The molecule has 2 N–H and O–H groups in total. The van der Waals surface area contributed by atoms with E-state index in [1.807, 2.05) is 6.07 Å². The summed E-state index contributed by atoms with van der Waals surface area (Å²) in [5, 5.41) is 11.4. The summed E-state index contributed by atoms with van der Waals surface area (Å²) in [6.45, 7) is 0.841. The lowest BCUT2D eigenvalue weighted by atomic mass is 9.97. The van der Waals surface area contributed by atoms with Crippen LogP contribution in [-0.4, -0.2) is 42.2 Å². The van der Waals surface area contributed by atoms with E-state index in [0.717, 1.165) is 5.56 Å². The van der Waals surface area contributed by atoms with Gasteiger partial charge in [0.2, 0.25) is 0 Å². The van der Waals surface area contributed by atoms with Gasteiger partial charge < -0.3 is 19.9 Å². The molecule has 1 aromatic rings. The van der Waals surface area contributed by atoms with Gasteiger partial charge in [0.05, 0.1) is 6.61 Å². The molecule has 0 aliphatic carbocycles. The molecule has 1 aromatic carbocycles. The Morgan fingerprint density at radius 1 is 1.30 bits per heavy atom. The van der Waals surface area contributed by atoms with Crippen LogP contribution in [0.3, 0.4) is 0 Å². The van der Waals surface area contributed by atoms with Gasteiger partial charge in [-0.25, -0.2) is 9.59 Å². The maximum Gasteiger partial charge on any atom is 0.408 e. The van der Waals surface area contributed by atoms with Crippen LogP contribution < -0.4 is 5.32 Å². The van der Waals surface area contributed by atoms with E-state index in [1.54, 1.807) is 24.3 Å². The van der Waals surface area contributed by atoms with E-state index in [4.69, 9.17) is 14.6 Å². The first kappa shape index (κ1) is 17.0. The van der Waals surface area contributed by atoms with Crippen molar-refractivity contribution in [2.75, 3.05) is 13.2 Å². The molecule has 1 heterocycles. The molecular formula is C16H19NO6. The minimum Gasteiger partial charge on any atom is -0.480 e. The predicted molar refractivity (Wildman–Crippen MR) is 79.7 cm³/mol. The number of aliphatic carboxylic acids is 1. The minimum absolute atomic E-state index is 0.0312. The number of amides is 1. The topological polar surface area (TPSA) is 102 Å². The van der Waals surface area contributed by atoms with E-state index >= 15 is 0 Å². The molecule has 2 atom stereocenters. The summed E-state index contributed by atoms with van der Waals surface area (Å²) in [6.07, 6.45) is -0.551. The van der Waals surface area contributed by atoms with Gasteiger partial charge in [-0.2, -0.15) is 0 Å². The number of carbonyl (C=O) groups excluding carboxylic acids is 2. The summed E-state index contributed by atoms with van der Waals surface area (Å²) in [7, 11) is 0. The summed E-state index contributed by atoms with van der Waals surface area (Å²) in [5.41, 5.74) is 0.786. The Hall–Kier alpha value is -2.41. The molecule has 0 radical (unpaired) electrons. The van der Waals surface area contributed by atoms with Crippen molar-refractivity contribution >= 4 is 17.8 Å². The molecule has 23 heavy (non-hydrogen) atoms. The van der Waals surface area contributed by atoms with E-state index in [0.29, 0.717) is 19.6 Å². The summed E-state index contributed by atoms with van der Waals surface area (Å²) in [6, 6.07) is 7.71. The largest absolute Gasteiger partial charge is 0.480 e. The summed E-state index contributed by atoms with van der Waals surface area (Å²) < 4.78 is 10.1. The zero-order valence-electron chi connectivity index (χ0n) is 12.6. The number of nitrogens with one attached hydrogen (secondary N) is 1. The first-order valence-electron chi connectivity index (χ1n) is 7.36. The van der Waals surface area contributed by atoms with Gasteiger partial charge in [0.1, 0.15) is 18.4 Å². The average molecular weight is 321 g/mol. The Bertz CT molecular complexity index is 553. The zero-order chi connectivity index (χ0) is 16.7. The van der Waals surface area contributed by atoms with Crippen LogP contribution in [0.1, 0.15) is 18.4 Å². The van der Waals surface area contributed by atoms with Gasteiger partial charge in [-0.05, 0) is 12.0 Å². The molecule has 1 amide bonds. The van der Waals surface area contributed by atoms with E-state index in [2.05, 4.69) is 5.32 Å². The quantitative estimate of drug-likeness (QED) is 0.786. The van der Waals surface area contributed by atoms with Gasteiger partial charge in [0.25, 0.3) is 0 Å². The van der Waals surface area contributed by atoms with Crippen molar-refractivity contribution < 1.29 is 29.0 Å². The summed E-state index contributed by atoms with van der Waals surface area (Å²) >= 11 is 0. The number of benzene rings is 1. The van der Waals surface area contributed by atoms with Crippen molar-refractivity contribution in [3.05, 3.63) is 35.9 Å². The molecule has 1 fully saturated rings. The van der Waals surface area contributed by atoms with Crippen molar-refractivity contribution in [3.63, 3.8) is 0 Å². The van der Waals surface area contributed by atoms with Gasteiger partial charge in [-0.15, -0.1) is 0 Å². The van der Waals surface area contributed by atoms with Crippen LogP contribution in [0, 0.1) is 5.92 Å². The Labute approximate surface area is 133 Å². The maximum absolute atomic E-state index is 12.0. The van der Waals surface area contributed by atoms with Crippen LogP contribution in [0.2, 0.25) is 0 Å². The number of rotatable bonds is 7. The number of carboxylic acids is 1. The molecule has 7 heteroatoms. The van der Waals surface area contributed by atoms with Crippen LogP contribution in [-0.2, 0) is 25.7 Å². The van der Waals surface area contributed by atoms with Crippen LogP contribution in [0.5, 0.6) is 0 Å². The fourth-order valence-electron chi connectivity index (χ4n) is 2.26. The Morgan fingerprint density at radius 3 is 2.65 bits per heavy atom. The number of carboxylic acid groups (broad SMARTS) is 1. The van der Waals surface area contributed by atoms with Crippen LogP contribution in [0.25, 0.3) is 0 Å². The van der Waals surface area contributed by atoms with Crippen molar-refractivity contribution in [3.8, 4) is 0 Å². The lowest BCUT2D eigenvalue weighted by Gasteiger charge is -2.15. The number of carbonyl (C=O) groups is 3. The molecule has 124 valence electrons. The van der Waals surface area contributed by atoms with Gasteiger partial charge in [-0.3, -0.25) is 4.79 Å². The van der Waals surface area contributed by atoms with E-state index < -0.39 is 18.1 Å². The molecule has 2 rings (SSSR count). The third kappa shape index (κ3) is 5.37. The third-order valence-corrected chi connectivity index (χ3v) is 3.59. The number of Topliss-reactive ketones (excluding diaryl/α,β-unsaturated/α-hetero) is 1. The molecule has 1 aliphatic heterocycles. The Morgan fingerprint density at radius 2 is 2.04 bits per heavy atom. The van der Waals surface area contributed by atoms with Gasteiger partial charge in [0.15, 0.2) is 0 Å². The molecule has 0 bridgehead atoms. The van der Waals surface area contributed by atoms with Gasteiger partial charge in [0, 0.05) is 18.9 Å². The standard InChI is InChI=1S/C16H19NO6/c18-14(12-6-7-22-10-12)8-13(15(19)20)17-16(21)23-9-11-4-2-1-3-5-11/h1-5,12-13H,6-10H2,(H,17,21)(H,19,20). The number of hydrogen-bond acceptors (Lipinski definition) is 5. The molecule has 1 saturated heterocycles. The third-order valence-electron chi connectivity index (χ3n) is 3.59. The molecule has 1 aliphatic rings. The second-order valence-electron chi connectivity index (χ2n) is 5.33. The highest BCUT2D eigenvalue weighted by Gasteiger charge is 2.30. The van der Waals surface area contributed by atoms with Crippen molar-refractivity contribution in [2.45, 2.75) is 25.5 Å². The first-order valence-corrected chi connectivity index (χ1v) is 7.36. The van der Waals surface area contributed by atoms with Crippen LogP contribution in [0.4, 0.5) is 4.79 Å². The lowest BCUT2D eigenvalue weighted by Crippen LogP contribution is -2.43. The Kier molecular flexibility index (Phi) is 6.10. The van der Waals surface area contributed by atoms with Gasteiger partial charge >= 0.3 is 12.1 Å². The van der Waals surface area contributed by atoms with Gasteiger partial charge in [-0.1, -0.05) is 30.3 Å². The average Bonchev–Trinajstić information content (AvgIpc) is 3.07. The van der Waals surface area contributed by atoms with Crippen molar-refractivity contribution in [2.24, 2.45) is 5.92 Å². The maximum atomic E-state index is 12.0. The SMILES string of the molecule is O=C(NC(CC(=O)C1CCOC1)C(=O)O)OCc1ccccc1. The normalized spacial score (nSPS) is 18.2. The highest BCUT2D eigenvalue weighted by molar-refractivity contribution is 5.89. The molecular weight excluding hydrogens is 302 g/mol. The smallest absolute Gasteiger partial charge is 0.408 e. The number of ether oxygens (including phenoxy) is 2. The summed E-state index contributed by atoms with van der Waals surface area (Å²) in [5.74, 6) is -1.79. The fraction of sp³-hybridized carbons (Fsp3) is 0.438. The van der Waals surface area contributed by atoms with E-state index in [-0.39, 0.29) is 24.7 Å². The number of ketones is 1. The second kappa shape index (κ2) is 8.28. The summed E-state index contributed by atoms with van der Waals surface area (Å²) in [4.78, 5) is 34.9. The first-order chi connectivity index (χ1) is 11.1. The molecule has 0 saturated carbocycles. The minimum atomic E-state index is -1.30. The van der Waals surface area contributed by atoms with E-state index in [1.165, 1.54) is 0 Å². The number of hydrogen-bond donors (Lipinski definition) is 2. The monoisotopic (exact) mass is 321 g/mol. The van der Waals surface area contributed by atoms with Crippen LogP contribution in [0.15, 0.2) is 30.3 Å². The Balaban J connectivity index is 1.82. The van der Waals surface area contributed by atoms with Crippen molar-refractivity contribution in [1.29, 1.82) is 0 Å². The number of alkyl carbamates (subject to hydrolysis) is 1. The molecule has 7 nitrogen and oxygen atoms in total. The zero-order valence-corrected chi connectivity index (χ0v) is 12.6. The van der Waals surface area contributed by atoms with Crippen molar-refractivity contribution in [1.82, 2.24) is 5.32 Å². The highest BCUT2D eigenvalue weighted by atomic mass is 16.5. The molecule has 2 unspecified atom stereocenters. The highest BCUT2D eigenvalue weighted by Crippen LogP contribution is 2.16. The predicted octanol–water partition coefficient (Wildman–Crippen LogP) is 1.36. The molecule has 0 spiro atoms.